The van der Waals surface area contributed by atoms with Crippen molar-refractivity contribution in [1.82, 2.24) is 14.9 Å². The first-order valence-corrected chi connectivity index (χ1v) is 6.98. The van der Waals surface area contributed by atoms with E-state index >= 15 is 0 Å². The van der Waals surface area contributed by atoms with Crippen LogP contribution in [0.5, 0.6) is 0 Å². The van der Waals surface area contributed by atoms with Crippen molar-refractivity contribution in [2.24, 2.45) is 7.05 Å². The second-order valence-electron chi connectivity index (χ2n) is 5.03. The molecule has 0 aliphatic carbocycles. The van der Waals surface area contributed by atoms with E-state index in [1.165, 1.54) is 22.0 Å². The lowest BCUT2D eigenvalue weighted by Crippen LogP contribution is -2.23. The summed E-state index contributed by atoms with van der Waals surface area (Å²) in [5, 5.41) is 6.09. The fourth-order valence-electron chi connectivity index (χ4n) is 2.63. The van der Waals surface area contributed by atoms with Crippen LogP contribution in [0, 0.1) is 0 Å². The van der Waals surface area contributed by atoms with Gasteiger partial charge in [0.1, 0.15) is 0 Å². The number of aromatic nitrogens is 2. The Hall–Kier alpha value is -2.13. The van der Waals surface area contributed by atoms with Gasteiger partial charge in [-0.25, -0.2) is 4.98 Å². The molecule has 1 atom stereocenters. The summed E-state index contributed by atoms with van der Waals surface area (Å²) >= 11 is 0. The summed E-state index contributed by atoms with van der Waals surface area (Å²) < 4.78 is 2.07. The molecule has 1 heterocycles. The molecule has 1 aromatic heterocycles. The van der Waals surface area contributed by atoms with Crippen molar-refractivity contribution in [2.45, 2.75) is 13.0 Å². The third-order valence-electron chi connectivity index (χ3n) is 3.66. The van der Waals surface area contributed by atoms with Crippen LogP contribution in [0.1, 0.15) is 24.2 Å². The molecule has 3 heteroatoms. The molecule has 3 aromatic rings. The highest BCUT2D eigenvalue weighted by atomic mass is 15.1. The second kappa shape index (κ2) is 5.47. The molecule has 0 aliphatic heterocycles. The molecule has 0 spiro atoms. The van der Waals surface area contributed by atoms with Crippen molar-refractivity contribution < 1.29 is 0 Å². The Labute approximate surface area is 119 Å². The SMILES string of the molecule is CCNC(c1ccc2ccccc2c1)c1cncn1C. The van der Waals surface area contributed by atoms with Crippen LogP contribution in [0.2, 0.25) is 0 Å². The molecule has 0 aliphatic rings. The van der Waals surface area contributed by atoms with E-state index in [9.17, 15) is 0 Å². The number of rotatable bonds is 4. The van der Waals surface area contributed by atoms with Crippen LogP contribution in [0.3, 0.4) is 0 Å². The summed E-state index contributed by atoms with van der Waals surface area (Å²) in [7, 11) is 2.04. The molecule has 0 saturated carbocycles. The molecule has 0 bridgehead atoms. The van der Waals surface area contributed by atoms with E-state index in [-0.39, 0.29) is 6.04 Å². The Morgan fingerprint density at radius 2 is 1.95 bits per heavy atom. The van der Waals surface area contributed by atoms with Crippen molar-refractivity contribution >= 4 is 10.8 Å². The minimum absolute atomic E-state index is 0.178. The maximum atomic E-state index is 4.24. The van der Waals surface area contributed by atoms with Gasteiger partial charge in [0.2, 0.25) is 0 Å². The van der Waals surface area contributed by atoms with E-state index in [0.717, 1.165) is 6.54 Å². The van der Waals surface area contributed by atoms with Gasteiger partial charge in [0.05, 0.1) is 24.3 Å². The van der Waals surface area contributed by atoms with Crippen LogP contribution >= 0.6 is 0 Å². The quantitative estimate of drug-likeness (QED) is 0.784. The normalized spacial score (nSPS) is 12.7. The summed E-state index contributed by atoms with van der Waals surface area (Å²) in [6.07, 6.45) is 3.78. The summed E-state index contributed by atoms with van der Waals surface area (Å²) in [6, 6.07) is 15.3. The first kappa shape index (κ1) is 12.9. The second-order valence-corrected chi connectivity index (χ2v) is 5.03. The largest absolute Gasteiger partial charge is 0.336 e. The Kier molecular flexibility index (Phi) is 3.52. The van der Waals surface area contributed by atoms with Gasteiger partial charge in [-0.2, -0.15) is 0 Å². The summed E-state index contributed by atoms with van der Waals surface area (Å²) in [6.45, 7) is 3.05. The zero-order chi connectivity index (χ0) is 13.9. The minimum Gasteiger partial charge on any atom is -0.336 e. The molecule has 1 N–H and O–H groups in total. The van der Waals surface area contributed by atoms with E-state index in [4.69, 9.17) is 0 Å². The zero-order valence-electron chi connectivity index (χ0n) is 11.9. The van der Waals surface area contributed by atoms with Crippen molar-refractivity contribution in [3.05, 3.63) is 66.2 Å². The Morgan fingerprint density at radius 1 is 1.15 bits per heavy atom. The van der Waals surface area contributed by atoms with Gasteiger partial charge < -0.3 is 9.88 Å². The van der Waals surface area contributed by atoms with Gasteiger partial charge in [-0.15, -0.1) is 0 Å². The summed E-state index contributed by atoms with van der Waals surface area (Å²) in [5.41, 5.74) is 2.45. The number of fused-ring (bicyclic) bond motifs is 1. The molecule has 102 valence electrons. The van der Waals surface area contributed by atoms with Gasteiger partial charge in [0.25, 0.3) is 0 Å². The number of imidazole rings is 1. The maximum absolute atomic E-state index is 4.24. The van der Waals surface area contributed by atoms with Gasteiger partial charge in [0, 0.05) is 7.05 Å². The third kappa shape index (κ3) is 2.32. The molecule has 2 aromatic carbocycles. The van der Waals surface area contributed by atoms with E-state index in [0.29, 0.717) is 0 Å². The maximum Gasteiger partial charge on any atom is 0.0946 e. The molecule has 3 rings (SSSR count). The number of aryl methyl sites for hydroxylation is 1. The van der Waals surface area contributed by atoms with Crippen molar-refractivity contribution in [3.63, 3.8) is 0 Å². The van der Waals surface area contributed by atoms with Gasteiger partial charge in [0.15, 0.2) is 0 Å². The van der Waals surface area contributed by atoms with Crippen LogP contribution < -0.4 is 5.32 Å². The van der Waals surface area contributed by atoms with Gasteiger partial charge in [-0.3, -0.25) is 0 Å². The van der Waals surface area contributed by atoms with Gasteiger partial charge >= 0.3 is 0 Å². The summed E-state index contributed by atoms with van der Waals surface area (Å²) in [5.74, 6) is 0. The van der Waals surface area contributed by atoms with Crippen molar-refractivity contribution in [3.8, 4) is 0 Å². The molecule has 0 fully saturated rings. The minimum atomic E-state index is 0.178. The smallest absolute Gasteiger partial charge is 0.0946 e. The Morgan fingerprint density at radius 3 is 2.65 bits per heavy atom. The van der Waals surface area contributed by atoms with Crippen LogP contribution in [0.4, 0.5) is 0 Å². The predicted molar refractivity (Wildman–Crippen MR) is 82.7 cm³/mol. The first-order chi connectivity index (χ1) is 9.79. The van der Waals surface area contributed by atoms with Crippen LogP contribution in [0.25, 0.3) is 10.8 Å². The number of nitrogens with one attached hydrogen (secondary N) is 1. The Balaban J connectivity index is 2.07. The number of nitrogens with zero attached hydrogens (tertiary/aromatic N) is 2. The standard InChI is InChI=1S/C17H19N3/c1-3-19-17(16-11-18-12-20(16)2)15-9-8-13-6-4-5-7-14(13)10-15/h4-12,17,19H,3H2,1-2H3. The molecule has 0 amide bonds. The fourth-order valence-corrected chi connectivity index (χ4v) is 2.63. The first-order valence-electron chi connectivity index (χ1n) is 6.98. The van der Waals surface area contributed by atoms with Gasteiger partial charge in [-0.05, 0) is 28.9 Å². The van der Waals surface area contributed by atoms with Gasteiger partial charge in [-0.1, -0.05) is 43.3 Å². The molecule has 3 nitrogen and oxygen atoms in total. The molecule has 0 radical (unpaired) electrons. The van der Waals surface area contributed by atoms with Crippen LogP contribution in [0.15, 0.2) is 55.0 Å². The number of hydrogen-bond acceptors (Lipinski definition) is 2. The van der Waals surface area contributed by atoms with E-state index in [2.05, 4.69) is 64.3 Å². The summed E-state index contributed by atoms with van der Waals surface area (Å²) in [4.78, 5) is 4.24. The molecular formula is C17H19N3. The highest BCUT2D eigenvalue weighted by Gasteiger charge is 2.16. The fraction of sp³-hybridized carbons (Fsp3) is 0.235. The third-order valence-corrected chi connectivity index (χ3v) is 3.66. The van der Waals surface area contributed by atoms with Crippen molar-refractivity contribution in [1.29, 1.82) is 0 Å². The molecule has 1 unspecified atom stereocenters. The zero-order valence-corrected chi connectivity index (χ0v) is 11.9. The van der Waals surface area contributed by atoms with E-state index in [1.54, 1.807) is 0 Å². The van der Waals surface area contributed by atoms with Crippen LogP contribution in [-0.4, -0.2) is 16.1 Å². The number of hydrogen-bond donors (Lipinski definition) is 1. The van der Waals surface area contributed by atoms with Crippen molar-refractivity contribution in [2.75, 3.05) is 6.54 Å². The molecular weight excluding hydrogens is 246 g/mol. The van der Waals surface area contributed by atoms with E-state index in [1.807, 2.05) is 19.6 Å². The molecule has 20 heavy (non-hydrogen) atoms. The highest BCUT2D eigenvalue weighted by molar-refractivity contribution is 5.83. The highest BCUT2D eigenvalue weighted by Crippen LogP contribution is 2.25. The lowest BCUT2D eigenvalue weighted by atomic mass is 10.00. The molecule has 0 saturated heterocycles. The Bertz CT molecular complexity index is 715. The average molecular weight is 265 g/mol. The van der Waals surface area contributed by atoms with Crippen LogP contribution in [-0.2, 0) is 7.05 Å². The topological polar surface area (TPSA) is 29.9 Å². The van der Waals surface area contributed by atoms with E-state index < -0.39 is 0 Å². The monoisotopic (exact) mass is 265 g/mol. The predicted octanol–water partition coefficient (Wildman–Crippen LogP) is 3.27. The number of benzene rings is 2. The lowest BCUT2D eigenvalue weighted by Gasteiger charge is -2.19. The lowest BCUT2D eigenvalue weighted by molar-refractivity contribution is 0.594. The average Bonchev–Trinajstić information content (AvgIpc) is 2.90.